The Morgan fingerprint density at radius 1 is 1.24 bits per heavy atom. The van der Waals surface area contributed by atoms with Crippen molar-refractivity contribution in [3.63, 3.8) is 0 Å². The highest BCUT2D eigenvalue weighted by molar-refractivity contribution is 5.92. The SMILES string of the molecule is Cc1cc2nc(C3CCN(C(=O)c4cc(C)on4)CC3)cc(=O)n2[nH]1. The Morgan fingerprint density at radius 2 is 2.00 bits per heavy atom. The quantitative estimate of drug-likeness (QED) is 0.764. The molecule has 0 aromatic carbocycles. The van der Waals surface area contributed by atoms with Crippen molar-refractivity contribution < 1.29 is 9.32 Å². The second-order valence-electron chi connectivity index (χ2n) is 6.54. The van der Waals surface area contributed by atoms with Gasteiger partial charge in [0.25, 0.3) is 11.5 Å². The molecule has 4 heterocycles. The van der Waals surface area contributed by atoms with Crippen LogP contribution >= 0.6 is 0 Å². The Kier molecular flexibility index (Phi) is 3.67. The first-order valence-electron chi connectivity index (χ1n) is 8.33. The summed E-state index contributed by atoms with van der Waals surface area (Å²) in [5.41, 5.74) is 2.57. The molecule has 0 spiro atoms. The lowest BCUT2D eigenvalue weighted by molar-refractivity contribution is 0.0701. The molecule has 8 nitrogen and oxygen atoms in total. The summed E-state index contributed by atoms with van der Waals surface area (Å²) in [6.07, 6.45) is 1.54. The number of aromatic nitrogens is 4. The molecule has 3 aromatic rings. The predicted octanol–water partition coefficient (Wildman–Crippen LogP) is 1.65. The molecule has 1 aliphatic rings. The van der Waals surface area contributed by atoms with E-state index in [1.54, 1.807) is 24.0 Å². The van der Waals surface area contributed by atoms with Gasteiger partial charge in [-0.3, -0.25) is 14.7 Å². The Labute approximate surface area is 143 Å². The summed E-state index contributed by atoms with van der Waals surface area (Å²) < 4.78 is 6.42. The molecule has 0 unspecified atom stereocenters. The van der Waals surface area contributed by atoms with Crippen molar-refractivity contribution in [1.82, 2.24) is 24.7 Å². The van der Waals surface area contributed by atoms with E-state index in [1.807, 2.05) is 13.0 Å². The lowest BCUT2D eigenvalue weighted by Crippen LogP contribution is -2.38. The maximum atomic E-state index is 12.4. The summed E-state index contributed by atoms with van der Waals surface area (Å²) >= 11 is 0. The van der Waals surface area contributed by atoms with Gasteiger partial charge in [-0.05, 0) is 26.7 Å². The third-order valence-electron chi connectivity index (χ3n) is 4.65. The monoisotopic (exact) mass is 341 g/mol. The van der Waals surface area contributed by atoms with Crippen LogP contribution in [0.1, 0.15) is 46.4 Å². The number of aryl methyl sites for hydroxylation is 2. The minimum absolute atomic E-state index is 0.107. The number of fused-ring (bicyclic) bond motifs is 1. The Bertz CT molecular complexity index is 991. The van der Waals surface area contributed by atoms with Crippen molar-refractivity contribution in [1.29, 1.82) is 0 Å². The lowest BCUT2D eigenvalue weighted by atomic mass is 9.93. The molecule has 1 saturated heterocycles. The average molecular weight is 341 g/mol. The van der Waals surface area contributed by atoms with Gasteiger partial charge in [0.15, 0.2) is 11.3 Å². The molecule has 25 heavy (non-hydrogen) atoms. The first kappa shape index (κ1) is 15.6. The molecule has 0 bridgehead atoms. The number of likely N-dealkylation sites (tertiary alicyclic amines) is 1. The van der Waals surface area contributed by atoms with Gasteiger partial charge in [0.05, 0.1) is 5.69 Å². The normalized spacial score (nSPS) is 15.8. The molecule has 1 aliphatic heterocycles. The molecule has 130 valence electrons. The van der Waals surface area contributed by atoms with E-state index in [0.717, 1.165) is 24.2 Å². The van der Waals surface area contributed by atoms with Crippen molar-refractivity contribution in [3.05, 3.63) is 51.4 Å². The van der Waals surface area contributed by atoms with E-state index < -0.39 is 0 Å². The van der Waals surface area contributed by atoms with Crippen molar-refractivity contribution in [2.45, 2.75) is 32.6 Å². The van der Waals surface area contributed by atoms with Crippen LogP contribution in [0.5, 0.6) is 0 Å². The van der Waals surface area contributed by atoms with Crippen LogP contribution in [0.3, 0.4) is 0 Å². The lowest BCUT2D eigenvalue weighted by Gasteiger charge is -2.31. The highest BCUT2D eigenvalue weighted by atomic mass is 16.5. The minimum Gasteiger partial charge on any atom is -0.361 e. The fraction of sp³-hybridized carbons (Fsp3) is 0.412. The van der Waals surface area contributed by atoms with E-state index in [-0.39, 0.29) is 17.4 Å². The van der Waals surface area contributed by atoms with Gasteiger partial charge in [-0.25, -0.2) is 9.50 Å². The third kappa shape index (κ3) is 2.84. The molecule has 4 rings (SSSR count). The van der Waals surface area contributed by atoms with E-state index in [9.17, 15) is 9.59 Å². The summed E-state index contributed by atoms with van der Waals surface area (Å²) in [6.45, 7) is 4.88. The van der Waals surface area contributed by atoms with E-state index >= 15 is 0 Å². The second kappa shape index (κ2) is 5.87. The summed E-state index contributed by atoms with van der Waals surface area (Å²) in [7, 11) is 0. The van der Waals surface area contributed by atoms with Gasteiger partial charge in [-0.1, -0.05) is 5.16 Å². The van der Waals surface area contributed by atoms with Gasteiger partial charge >= 0.3 is 0 Å². The van der Waals surface area contributed by atoms with Crippen molar-refractivity contribution >= 4 is 11.6 Å². The number of carbonyl (C=O) groups is 1. The molecule has 1 N–H and O–H groups in total. The molecular weight excluding hydrogens is 322 g/mol. The Balaban J connectivity index is 1.50. The number of H-pyrrole nitrogens is 1. The molecular formula is C17H19N5O3. The van der Waals surface area contributed by atoms with Gasteiger partial charge in [0.2, 0.25) is 0 Å². The zero-order valence-electron chi connectivity index (χ0n) is 14.2. The molecule has 0 atom stereocenters. The zero-order valence-corrected chi connectivity index (χ0v) is 14.2. The summed E-state index contributed by atoms with van der Waals surface area (Å²) in [5, 5.41) is 6.76. The van der Waals surface area contributed by atoms with Gasteiger partial charge in [-0.15, -0.1) is 0 Å². The van der Waals surface area contributed by atoms with Crippen molar-refractivity contribution in [2.75, 3.05) is 13.1 Å². The molecule has 8 heteroatoms. The molecule has 0 aliphatic carbocycles. The number of aromatic amines is 1. The molecule has 3 aromatic heterocycles. The van der Waals surface area contributed by atoms with Gasteiger partial charge < -0.3 is 9.42 Å². The van der Waals surface area contributed by atoms with Crippen molar-refractivity contribution in [3.8, 4) is 0 Å². The van der Waals surface area contributed by atoms with Crippen LogP contribution in [-0.2, 0) is 0 Å². The van der Waals surface area contributed by atoms with Gasteiger partial charge in [0.1, 0.15) is 5.76 Å². The van der Waals surface area contributed by atoms with Crippen LogP contribution in [0.2, 0.25) is 0 Å². The zero-order chi connectivity index (χ0) is 17.6. The van der Waals surface area contributed by atoms with Crippen LogP contribution in [0.4, 0.5) is 0 Å². The summed E-state index contributed by atoms with van der Waals surface area (Å²) in [5.74, 6) is 0.689. The Morgan fingerprint density at radius 3 is 2.68 bits per heavy atom. The number of piperidine rings is 1. The first-order valence-corrected chi connectivity index (χ1v) is 8.33. The molecule has 0 saturated carbocycles. The predicted molar refractivity (Wildman–Crippen MR) is 89.7 cm³/mol. The highest BCUT2D eigenvalue weighted by Crippen LogP contribution is 2.27. The maximum Gasteiger partial charge on any atom is 0.276 e. The van der Waals surface area contributed by atoms with E-state index in [1.165, 1.54) is 4.52 Å². The number of carbonyl (C=O) groups excluding carboxylic acids is 1. The molecule has 1 fully saturated rings. The standard InChI is InChI=1S/C17H19N5O3/c1-10-7-15-18-13(9-16(23)22(15)19-10)12-3-5-21(6-4-12)17(24)14-8-11(2)25-20-14/h7-9,12,19H,3-6H2,1-2H3. The number of rotatable bonds is 2. The second-order valence-corrected chi connectivity index (χ2v) is 6.54. The van der Waals surface area contributed by atoms with E-state index in [0.29, 0.717) is 30.2 Å². The van der Waals surface area contributed by atoms with Crippen molar-refractivity contribution in [2.24, 2.45) is 0 Å². The summed E-state index contributed by atoms with van der Waals surface area (Å²) in [6, 6.07) is 5.10. The van der Waals surface area contributed by atoms with Crippen LogP contribution in [-0.4, -0.2) is 43.7 Å². The number of nitrogens with one attached hydrogen (secondary N) is 1. The van der Waals surface area contributed by atoms with Crippen LogP contribution in [0.15, 0.2) is 27.5 Å². The molecule has 1 amide bonds. The topological polar surface area (TPSA) is 96.5 Å². The fourth-order valence-corrected chi connectivity index (χ4v) is 3.35. The number of amides is 1. The minimum atomic E-state index is -0.111. The smallest absolute Gasteiger partial charge is 0.276 e. The largest absolute Gasteiger partial charge is 0.361 e. The average Bonchev–Trinajstić information content (AvgIpc) is 3.19. The Hall–Kier alpha value is -2.90. The first-order chi connectivity index (χ1) is 12.0. The summed E-state index contributed by atoms with van der Waals surface area (Å²) in [4.78, 5) is 31.0. The van der Waals surface area contributed by atoms with Gasteiger partial charge in [0, 0.05) is 42.9 Å². The van der Waals surface area contributed by atoms with E-state index in [4.69, 9.17) is 4.52 Å². The van der Waals surface area contributed by atoms with Crippen LogP contribution in [0, 0.1) is 13.8 Å². The number of nitrogens with zero attached hydrogens (tertiary/aromatic N) is 4. The highest BCUT2D eigenvalue weighted by Gasteiger charge is 2.27. The molecule has 0 radical (unpaired) electrons. The van der Waals surface area contributed by atoms with E-state index in [2.05, 4.69) is 15.2 Å². The number of hydrogen-bond acceptors (Lipinski definition) is 5. The van der Waals surface area contributed by atoms with Crippen LogP contribution in [0.25, 0.3) is 5.65 Å². The van der Waals surface area contributed by atoms with Gasteiger partial charge in [-0.2, -0.15) is 0 Å². The van der Waals surface area contributed by atoms with Crippen LogP contribution < -0.4 is 5.56 Å². The fourth-order valence-electron chi connectivity index (χ4n) is 3.35. The maximum absolute atomic E-state index is 12.4. The third-order valence-corrected chi connectivity index (χ3v) is 4.65. The number of hydrogen-bond donors (Lipinski definition) is 1.